The molecule has 36 heavy (non-hydrogen) atoms. The molecule has 2 fully saturated rings. The highest BCUT2D eigenvalue weighted by atomic mass is 16.2. The average Bonchev–Trinajstić information content (AvgIpc) is 2.92. The van der Waals surface area contributed by atoms with Gasteiger partial charge >= 0.3 is 0 Å². The van der Waals surface area contributed by atoms with E-state index in [2.05, 4.69) is 38.3 Å². The molecule has 0 saturated heterocycles. The molecule has 4 heteroatoms. The lowest BCUT2D eigenvalue weighted by atomic mass is 9.76. The van der Waals surface area contributed by atoms with E-state index in [1.807, 2.05) is 36.4 Å². The first-order chi connectivity index (χ1) is 17.4. The van der Waals surface area contributed by atoms with Crippen LogP contribution in [0, 0.1) is 23.7 Å². The first-order valence-electron chi connectivity index (χ1n) is 14.6. The maximum atomic E-state index is 13.1. The Balaban J connectivity index is 1.44. The maximum Gasteiger partial charge on any atom is 0.251 e. The molecule has 0 aliphatic heterocycles. The minimum absolute atomic E-state index is 0.0207. The van der Waals surface area contributed by atoms with E-state index in [1.54, 1.807) is 0 Å². The van der Waals surface area contributed by atoms with E-state index in [9.17, 15) is 9.59 Å². The van der Waals surface area contributed by atoms with Crippen molar-refractivity contribution in [2.75, 3.05) is 0 Å². The molecule has 2 N–H and O–H groups in total. The van der Waals surface area contributed by atoms with Crippen molar-refractivity contribution < 1.29 is 9.59 Å². The van der Waals surface area contributed by atoms with Gasteiger partial charge in [0.15, 0.2) is 0 Å². The zero-order valence-corrected chi connectivity index (χ0v) is 22.8. The van der Waals surface area contributed by atoms with Gasteiger partial charge in [-0.1, -0.05) is 78.4 Å². The largest absolute Gasteiger partial charge is 0.349 e. The van der Waals surface area contributed by atoms with E-state index < -0.39 is 0 Å². The van der Waals surface area contributed by atoms with Gasteiger partial charge in [0, 0.05) is 23.2 Å². The minimum atomic E-state index is 0.0207. The first-order valence-corrected chi connectivity index (χ1v) is 14.6. The van der Waals surface area contributed by atoms with Crippen LogP contribution in [-0.4, -0.2) is 23.9 Å². The van der Waals surface area contributed by atoms with Gasteiger partial charge in [0.25, 0.3) is 11.8 Å². The summed E-state index contributed by atoms with van der Waals surface area (Å²) >= 11 is 0. The monoisotopic (exact) mass is 490 g/mol. The Kier molecular flexibility index (Phi) is 9.09. The van der Waals surface area contributed by atoms with E-state index in [-0.39, 0.29) is 23.9 Å². The van der Waals surface area contributed by atoms with Crippen molar-refractivity contribution in [1.29, 1.82) is 0 Å². The average molecular weight is 491 g/mol. The zero-order chi connectivity index (χ0) is 25.7. The normalized spacial score (nSPS) is 26.2. The summed E-state index contributed by atoms with van der Waals surface area (Å²) in [6.07, 6.45) is 11.8. The Bertz CT molecular complexity index is 964. The quantitative estimate of drug-likeness (QED) is 0.402. The van der Waals surface area contributed by atoms with Crippen LogP contribution in [0.5, 0.6) is 0 Å². The van der Waals surface area contributed by atoms with Gasteiger partial charge in [0.2, 0.25) is 0 Å². The van der Waals surface area contributed by atoms with Gasteiger partial charge in [-0.15, -0.1) is 0 Å². The van der Waals surface area contributed by atoms with Gasteiger partial charge in [0.1, 0.15) is 0 Å². The second-order valence-corrected chi connectivity index (χ2v) is 11.6. The Hall–Kier alpha value is -2.36. The molecule has 2 aromatic rings. The Morgan fingerprint density at radius 3 is 1.47 bits per heavy atom. The summed E-state index contributed by atoms with van der Waals surface area (Å²) in [6, 6.07) is 12.2. The predicted octanol–water partition coefficient (Wildman–Crippen LogP) is 7.51. The summed E-state index contributed by atoms with van der Waals surface area (Å²) in [5.74, 6) is 2.44. The highest BCUT2D eigenvalue weighted by molar-refractivity contribution is 6.02. The van der Waals surface area contributed by atoms with E-state index in [0.29, 0.717) is 34.8 Å². The molecule has 4 rings (SSSR count). The highest BCUT2D eigenvalue weighted by Gasteiger charge is 2.31. The van der Waals surface area contributed by atoms with Crippen LogP contribution in [-0.2, 0) is 0 Å². The van der Waals surface area contributed by atoms with Crippen LogP contribution >= 0.6 is 0 Å². The molecule has 0 radical (unpaired) electrons. The number of benzene rings is 2. The molecule has 2 amide bonds. The fourth-order valence-electron chi connectivity index (χ4n) is 6.68. The van der Waals surface area contributed by atoms with Crippen molar-refractivity contribution >= 4 is 22.6 Å². The van der Waals surface area contributed by atoms with Crippen molar-refractivity contribution in [1.82, 2.24) is 10.6 Å². The summed E-state index contributed by atoms with van der Waals surface area (Å²) in [6.45, 7) is 9.12. The van der Waals surface area contributed by atoms with Crippen molar-refractivity contribution in [2.24, 2.45) is 23.7 Å². The molecule has 2 aromatic carbocycles. The van der Waals surface area contributed by atoms with Crippen molar-refractivity contribution in [2.45, 2.75) is 104 Å². The summed E-state index contributed by atoms with van der Waals surface area (Å²) < 4.78 is 0. The maximum absolute atomic E-state index is 13.1. The van der Waals surface area contributed by atoms with Crippen LogP contribution in [0.4, 0.5) is 0 Å². The molecule has 2 aliphatic carbocycles. The van der Waals surface area contributed by atoms with Gasteiger partial charge in [-0.05, 0) is 84.4 Å². The number of amides is 2. The molecule has 0 bridgehead atoms. The van der Waals surface area contributed by atoms with Crippen molar-refractivity contribution in [3.05, 3.63) is 47.5 Å². The standard InChI is InChI=1S/C32H46N2O2/c1-5-21(3)27-11-7-9-13-29(27)33-31(35)25-17-15-24-20-26(18-16-23(24)19-25)32(36)34-30-14-10-8-12-28(30)22(4)6-2/h15-22,27-30H,5-14H2,1-4H3,(H,33,35)(H,34,36). The van der Waals surface area contributed by atoms with Crippen LogP contribution in [0.25, 0.3) is 10.8 Å². The zero-order valence-electron chi connectivity index (χ0n) is 22.8. The molecular formula is C32H46N2O2. The van der Waals surface area contributed by atoms with E-state index >= 15 is 0 Å². The molecule has 2 aliphatic rings. The fourth-order valence-corrected chi connectivity index (χ4v) is 6.68. The molecule has 0 heterocycles. The second-order valence-electron chi connectivity index (χ2n) is 11.6. The summed E-state index contributed by atoms with van der Waals surface area (Å²) in [4.78, 5) is 26.3. The number of hydrogen-bond acceptors (Lipinski definition) is 2. The highest BCUT2D eigenvalue weighted by Crippen LogP contribution is 2.33. The van der Waals surface area contributed by atoms with Crippen molar-refractivity contribution in [3.63, 3.8) is 0 Å². The van der Waals surface area contributed by atoms with E-state index in [4.69, 9.17) is 0 Å². The van der Waals surface area contributed by atoms with E-state index in [0.717, 1.165) is 36.5 Å². The van der Waals surface area contributed by atoms with Crippen LogP contribution in [0.1, 0.15) is 113 Å². The van der Waals surface area contributed by atoms with Crippen LogP contribution < -0.4 is 10.6 Å². The Morgan fingerprint density at radius 2 is 1.08 bits per heavy atom. The van der Waals surface area contributed by atoms with Gasteiger partial charge < -0.3 is 10.6 Å². The number of fused-ring (bicyclic) bond motifs is 1. The molecule has 196 valence electrons. The van der Waals surface area contributed by atoms with Crippen LogP contribution in [0.3, 0.4) is 0 Å². The van der Waals surface area contributed by atoms with Gasteiger partial charge in [-0.3, -0.25) is 9.59 Å². The first kappa shape index (κ1) is 26.7. The third-order valence-corrected chi connectivity index (χ3v) is 9.39. The molecule has 4 nitrogen and oxygen atoms in total. The smallest absolute Gasteiger partial charge is 0.251 e. The number of rotatable bonds is 8. The predicted molar refractivity (Wildman–Crippen MR) is 149 cm³/mol. The lowest BCUT2D eigenvalue weighted by molar-refractivity contribution is 0.0875. The topological polar surface area (TPSA) is 58.2 Å². The third kappa shape index (κ3) is 6.12. The summed E-state index contributed by atoms with van der Waals surface area (Å²) in [7, 11) is 0. The number of hydrogen-bond donors (Lipinski definition) is 2. The molecule has 6 atom stereocenters. The third-order valence-electron chi connectivity index (χ3n) is 9.39. The molecule has 0 spiro atoms. The molecule has 6 unspecified atom stereocenters. The second kappa shape index (κ2) is 12.3. The molecular weight excluding hydrogens is 444 g/mol. The lowest BCUT2D eigenvalue weighted by Gasteiger charge is -2.36. The van der Waals surface area contributed by atoms with Gasteiger partial charge in [0.05, 0.1) is 0 Å². The number of carbonyl (C=O) groups is 2. The lowest BCUT2D eigenvalue weighted by Crippen LogP contribution is -2.44. The number of carbonyl (C=O) groups excluding carboxylic acids is 2. The van der Waals surface area contributed by atoms with Crippen LogP contribution in [0.15, 0.2) is 36.4 Å². The fraction of sp³-hybridized carbons (Fsp3) is 0.625. The Labute approximate surface area is 218 Å². The molecule has 0 aromatic heterocycles. The Morgan fingerprint density at radius 1 is 0.694 bits per heavy atom. The van der Waals surface area contributed by atoms with Crippen LogP contribution in [0.2, 0.25) is 0 Å². The SMILES string of the molecule is CCC(C)C1CCCCC1NC(=O)c1ccc2cc(C(=O)NC3CCCCC3C(C)CC)ccc2c1. The van der Waals surface area contributed by atoms with Gasteiger partial charge in [-0.2, -0.15) is 0 Å². The summed E-state index contributed by atoms with van der Waals surface area (Å²) in [5.41, 5.74) is 1.40. The van der Waals surface area contributed by atoms with E-state index in [1.165, 1.54) is 38.5 Å². The molecule has 2 saturated carbocycles. The number of nitrogens with one attached hydrogen (secondary N) is 2. The van der Waals surface area contributed by atoms with Gasteiger partial charge in [-0.25, -0.2) is 0 Å². The van der Waals surface area contributed by atoms with Crippen molar-refractivity contribution in [3.8, 4) is 0 Å². The summed E-state index contributed by atoms with van der Waals surface area (Å²) in [5, 5.41) is 8.70. The minimum Gasteiger partial charge on any atom is -0.349 e.